The zero-order valence-electron chi connectivity index (χ0n) is 10.9. The molecule has 1 aliphatic heterocycles. The molecule has 1 saturated carbocycles. The summed E-state index contributed by atoms with van der Waals surface area (Å²) < 4.78 is 6.11. The van der Waals surface area contributed by atoms with Gasteiger partial charge in [0.2, 0.25) is 0 Å². The van der Waals surface area contributed by atoms with Crippen LogP contribution in [0.5, 0.6) is 0 Å². The summed E-state index contributed by atoms with van der Waals surface area (Å²) >= 11 is 0. The van der Waals surface area contributed by atoms with Crippen molar-refractivity contribution in [3.63, 3.8) is 0 Å². The van der Waals surface area contributed by atoms with Gasteiger partial charge in [-0.25, -0.2) is 0 Å². The number of hydrogen-bond acceptors (Lipinski definition) is 2. The lowest BCUT2D eigenvalue weighted by Crippen LogP contribution is -2.47. The smallest absolute Gasteiger partial charge is 0.0685 e. The Labute approximate surface area is 99.9 Å². The Morgan fingerprint density at radius 1 is 1.19 bits per heavy atom. The molecule has 94 valence electrons. The molecule has 2 heteroatoms. The molecular weight excluding hydrogens is 198 g/mol. The van der Waals surface area contributed by atoms with E-state index in [-0.39, 0.29) is 5.60 Å². The van der Waals surface area contributed by atoms with E-state index in [0.717, 1.165) is 6.61 Å². The topological polar surface area (TPSA) is 35.2 Å². The van der Waals surface area contributed by atoms with Crippen LogP contribution in [0.4, 0.5) is 0 Å². The van der Waals surface area contributed by atoms with Crippen LogP contribution in [0, 0.1) is 11.8 Å². The van der Waals surface area contributed by atoms with Gasteiger partial charge in [0, 0.05) is 12.6 Å². The molecule has 0 amide bonds. The highest BCUT2D eigenvalue weighted by atomic mass is 16.5. The zero-order chi connectivity index (χ0) is 11.6. The van der Waals surface area contributed by atoms with Crippen molar-refractivity contribution in [1.82, 2.24) is 0 Å². The van der Waals surface area contributed by atoms with Crippen molar-refractivity contribution in [2.75, 3.05) is 6.61 Å². The Morgan fingerprint density at radius 3 is 2.50 bits per heavy atom. The number of rotatable bonds is 2. The van der Waals surface area contributed by atoms with Crippen molar-refractivity contribution in [2.45, 2.75) is 70.4 Å². The van der Waals surface area contributed by atoms with Gasteiger partial charge in [-0.05, 0) is 37.5 Å². The summed E-state index contributed by atoms with van der Waals surface area (Å²) in [6, 6.07) is 0.364. The molecule has 1 heterocycles. The Bertz CT molecular complexity index is 215. The first-order chi connectivity index (χ1) is 7.63. The minimum absolute atomic E-state index is 0.216. The van der Waals surface area contributed by atoms with Crippen LogP contribution in [0.25, 0.3) is 0 Å². The fraction of sp³-hybridized carbons (Fsp3) is 1.00. The van der Waals surface area contributed by atoms with Crippen LogP contribution >= 0.6 is 0 Å². The lowest BCUT2D eigenvalue weighted by molar-refractivity contribution is -0.121. The molecule has 2 N–H and O–H groups in total. The standard InChI is InChI=1S/C14H27NO/c1-11(2)13(15)12-6-9-16-14(10-12)7-4-3-5-8-14/h11-13H,3-10,15H2,1-2H3. The largest absolute Gasteiger partial charge is 0.375 e. The maximum atomic E-state index is 6.33. The zero-order valence-corrected chi connectivity index (χ0v) is 10.9. The summed E-state index contributed by atoms with van der Waals surface area (Å²) in [4.78, 5) is 0. The fourth-order valence-corrected chi connectivity index (χ4v) is 3.48. The van der Waals surface area contributed by atoms with Crippen LogP contribution in [-0.4, -0.2) is 18.2 Å². The van der Waals surface area contributed by atoms with Gasteiger partial charge >= 0.3 is 0 Å². The van der Waals surface area contributed by atoms with E-state index in [4.69, 9.17) is 10.5 Å². The molecule has 0 aromatic carbocycles. The number of ether oxygens (including phenoxy) is 1. The molecule has 2 nitrogen and oxygen atoms in total. The van der Waals surface area contributed by atoms with E-state index < -0.39 is 0 Å². The van der Waals surface area contributed by atoms with E-state index in [1.165, 1.54) is 44.9 Å². The van der Waals surface area contributed by atoms with Crippen LogP contribution in [0.15, 0.2) is 0 Å². The third kappa shape index (κ3) is 2.60. The molecule has 2 fully saturated rings. The second-order valence-corrected chi connectivity index (χ2v) is 6.17. The molecule has 0 aromatic heterocycles. The SMILES string of the molecule is CC(C)C(N)C1CCOC2(CCCCC2)C1. The predicted molar refractivity (Wildman–Crippen MR) is 67.3 cm³/mol. The molecule has 2 unspecified atom stereocenters. The Morgan fingerprint density at radius 2 is 1.88 bits per heavy atom. The third-order valence-electron chi connectivity index (χ3n) is 4.61. The van der Waals surface area contributed by atoms with Gasteiger partial charge < -0.3 is 10.5 Å². The Hall–Kier alpha value is -0.0800. The van der Waals surface area contributed by atoms with Gasteiger partial charge in [-0.1, -0.05) is 33.1 Å². The molecule has 2 atom stereocenters. The molecule has 0 bridgehead atoms. The number of hydrogen-bond donors (Lipinski definition) is 1. The summed E-state index contributed by atoms with van der Waals surface area (Å²) in [7, 11) is 0. The van der Waals surface area contributed by atoms with Crippen molar-refractivity contribution < 1.29 is 4.74 Å². The summed E-state index contributed by atoms with van der Waals surface area (Å²) in [5.74, 6) is 1.29. The van der Waals surface area contributed by atoms with Crippen LogP contribution in [0.3, 0.4) is 0 Å². The maximum Gasteiger partial charge on any atom is 0.0685 e. The van der Waals surface area contributed by atoms with Crippen molar-refractivity contribution in [2.24, 2.45) is 17.6 Å². The lowest BCUT2D eigenvalue weighted by Gasteiger charge is -2.45. The molecule has 1 spiro atoms. The van der Waals surface area contributed by atoms with Gasteiger partial charge in [0.1, 0.15) is 0 Å². The average Bonchev–Trinajstić information content (AvgIpc) is 2.29. The normalized spacial score (nSPS) is 31.9. The third-order valence-corrected chi connectivity index (χ3v) is 4.61. The molecule has 1 saturated heterocycles. The van der Waals surface area contributed by atoms with Crippen LogP contribution in [0.1, 0.15) is 58.8 Å². The highest BCUT2D eigenvalue weighted by Crippen LogP contribution is 2.41. The average molecular weight is 225 g/mol. The summed E-state index contributed by atoms with van der Waals surface area (Å²) in [5, 5.41) is 0. The van der Waals surface area contributed by atoms with E-state index in [2.05, 4.69) is 13.8 Å². The lowest BCUT2D eigenvalue weighted by atomic mass is 9.72. The highest BCUT2D eigenvalue weighted by molar-refractivity contribution is 4.92. The van der Waals surface area contributed by atoms with Gasteiger partial charge in [0.15, 0.2) is 0 Å². The first kappa shape index (κ1) is 12.4. The summed E-state index contributed by atoms with van der Waals surface area (Å²) in [5.41, 5.74) is 6.54. The molecular formula is C14H27NO. The Kier molecular flexibility index (Phi) is 3.91. The highest BCUT2D eigenvalue weighted by Gasteiger charge is 2.40. The van der Waals surface area contributed by atoms with E-state index in [0.29, 0.717) is 17.9 Å². The van der Waals surface area contributed by atoms with Gasteiger partial charge in [-0.15, -0.1) is 0 Å². The van der Waals surface area contributed by atoms with Crippen molar-refractivity contribution >= 4 is 0 Å². The minimum Gasteiger partial charge on any atom is -0.375 e. The van der Waals surface area contributed by atoms with Crippen molar-refractivity contribution in [3.05, 3.63) is 0 Å². The minimum atomic E-state index is 0.216. The Balaban J connectivity index is 1.97. The van der Waals surface area contributed by atoms with Crippen molar-refractivity contribution in [1.29, 1.82) is 0 Å². The van der Waals surface area contributed by atoms with Crippen molar-refractivity contribution in [3.8, 4) is 0 Å². The van der Waals surface area contributed by atoms with Gasteiger partial charge in [-0.2, -0.15) is 0 Å². The molecule has 1 aliphatic carbocycles. The summed E-state index contributed by atoms with van der Waals surface area (Å²) in [6.45, 7) is 5.42. The molecule has 0 radical (unpaired) electrons. The van der Waals surface area contributed by atoms with E-state index in [1.807, 2.05) is 0 Å². The van der Waals surface area contributed by atoms with Crippen LogP contribution < -0.4 is 5.73 Å². The maximum absolute atomic E-state index is 6.33. The molecule has 16 heavy (non-hydrogen) atoms. The second-order valence-electron chi connectivity index (χ2n) is 6.17. The fourth-order valence-electron chi connectivity index (χ4n) is 3.48. The van der Waals surface area contributed by atoms with E-state index in [9.17, 15) is 0 Å². The van der Waals surface area contributed by atoms with E-state index in [1.54, 1.807) is 0 Å². The second kappa shape index (κ2) is 5.05. The quantitative estimate of drug-likeness (QED) is 0.783. The first-order valence-corrected chi connectivity index (χ1v) is 7.02. The van der Waals surface area contributed by atoms with Crippen LogP contribution in [0.2, 0.25) is 0 Å². The first-order valence-electron chi connectivity index (χ1n) is 7.02. The van der Waals surface area contributed by atoms with Gasteiger partial charge in [0.25, 0.3) is 0 Å². The van der Waals surface area contributed by atoms with E-state index >= 15 is 0 Å². The van der Waals surface area contributed by atoms with Crippen LogP contribution in [-0.2, 0) is 4.74 Å². The number of nitrogens with two attached hydrogens (primary N) is 1. The molecule has 0 aromatic rings. The monoisotopic (exact) mass is 225 g/mol. The summed E-state index contributed by atoms with van der Waals surface area (Å²) in [6.07, 6.45) is 9.02. The van der Waals surface area contributed by atoms with Gasteiger partial charge in [-0.3, -0.25) is 0 Å². The predicted octanol–water partition coefficient (Wildman–Crippen LogP) is 3.10. The van der Waals surface area contributed by atoms with Gasteiger partial charge in [0.05, 0.1) is 5.60 Å². The molecule has 2 rings (SSSR count). The molecule has 2 aliphatic rings.